The van der Waals surface area contributed by atoms with Gasteiger partial charge >= 0.3 is 0 Å². The Balaban J connectivity index is 0.650. The molecule has 0 aliphatic heterocycles. The van der Waals surface area contributed by atoms with Crippen LogP contribution in [-0.2, 0) is 16.2 Å². The molecule has 0 amide bonds. The highest BCUT2D eigenvalue weighted by atomic mass is 15.0. The van der Waals surface area contributed by atoms with Crippen LogP contribution in [0.4, 0.5) is 0 Å². The number of aromatic nitrogens is 5. The fraction of sp³-hybridized carbons (Fsp3) is 0.0841. The average Bonchev–Trinajstić information content (AvgIpc) is 1.55. The van der Waals surface area contributed by atoms with E-state index in [0.29, 0.717) is 5.82 Å². The first-order chi connectivity index (χ1) is 54.8. The van der Waals surface area contributed by atoms with Crippen LogP contribution in [0.15, 0.2) is 346 Å². The maximum Gasteiger partial charge on any atom is 0.160 e. The van der Waals surface area contributed by atoms with Crippen molar-refractivity contribution in [1.82, 2.24) is 23.7 Å². The van der Waals surface area contributed by atoms with Gasteiger partial charge in [0.25, 0.3) is 0 Å². The Hall–Kier alpha value is -13.7. The van der Waals surface area contributed by atoms with Crippen molar-refractivity contribution >= 4 is 76.3 Å². The topological polar surface area (TPSA) is 40.6 Å². The monoisotopic (exact) mass is 1430 g/mol. The predicted octanol–water partition coefficient (Wildman–Crippen LogP) is 27.8. The lowest BCUT2D eigenvalue weighted by atomic mass is 9.82. The molecule has 20 aromatic rings. The van der Waals surface area contributed by atoms with Crippen LogP contribution in [0.5, 0.6) is 0 Å². The van der Waals surface area contributed by atoms with Gasteiger partial charge in [0, 0.05) is 82.1 Å². The fourth-order valence-electron chi connectivity index (χ4n) is 20.0. The summed E-state index contributed by atoms with van der Waals surface area (Å²) < 4.78 is 7.32. The van der Waals surface area contributed by atoms with Crippen molar-refractivity contribution in [2.45, 2.75) is 57.8 Å². The lowest BCUT2D eigenvalue weighted by Gasteiger charge is -2.21. The van der Waals surface area contributed by atoms with E-state index >= 15 is 0 Å². The SMILES string of the molecule is CC1(C)c2ccccc2-c2cc(-c3ccc4c5ccccc5n(-c5ccc(-c6ccc7nc(-c8ccc(-n9c%10ccccc%10c%10ccc(-c%11ccc%12c(c%11)-c%11ccccc%11C%12(C)C)cc%109)cc8)nc(-c8cccc(-n9c%10ccccc%10c%10ccc(-c%11ccc%12c(c%11)-c%11ccccc%11C%12(C)C)cc%109)c8)c7c6)cc5)c4c3)ccc21. The van der Waals surface area contributed by atoms with Crippen LogP contribution in [0.3, 0.4) is 0 Å². The summed E-state index contributed by atoms with van der Waals surface area (Å²) in [6.45, 7) is 14.1. The Kier molecular flexibility index (Phi) is 13.6. The molecule has 23 rings (SSSR count). The van der Waals surface area contributed by atoms with Crippen molar-refractivity contribution in [3.63, 3.8) is 0 Å². The number of nitrogens with zero attached hydrogens (tertiary/aromatic N) is 5. The van der Waals surface area contributed by atoms with Gasteiger partial charge in [-0.1, -0.05) is 272 Å². The lowest BCUT2D eigenvalue weighted by Crippen LogP contribution is -2.14. The van der Waals surface area contributed by atoms with Gasteiger partial charge in [0.05, 0.1) is 44.3 Å². The standard InChI is InChI=1S/C107H75N5/c1-105(2)90-28-13-7-22-77(90)86-57-67(41-52-93(86)105)70-38-49-83-80-25-10-16-31-97(80)110(100(83)61-70)74-45-34-64(35-46-74)66-44-55-96-89(60-66)103(73-20-19-21-76(56-73)112-99-33-18-12-27-82(99)85-51-40-72(63-102(85)112)69-43-54-95-88(59-69)79-24-9-15-30-92(79)107(95,5)6)109-104(108-96)65-36-47-75(48-37-65)111-98-32-17-11-26-81(98)84-50-39-71(62-101(84)111)68-42-53-94-87(58-68)78-23-8-14-29-91(78)106(94,3)4/h7-63H,1-6H3. The third kappa shape index (κ3) is 9.37. The molecule has 5 nitrogen and oxygen atoms in total. The maximum atomic E-state index is 5.75. The van der Waals surface area contributed by atoms with E-state index in [1.807, 2.05) is 0 Å². The molecule has 0 N–H and O–H groups in total. The molecule has 0 radical (unpaired) electrons. The van der Waals surface area contributed by atoms with E-state index in [9.17, 15) is 0 Å². The number of hydrogen-bond acceptors (Lipinski definition) is 2. The summed E-state index contributed by atoms with van der Waals surface area (Å²) in [7, 11) is 0. The molecular formula is C107H75N5. The van der Waals surface area contributed by atoms with Crippen molar-refractivity contribution in [2.75, 3.05) is 0 Å². The third-order valence-corrected chi connectivity index (χ3v) is 25.7. The zero-order valence-electron chi connectivity index (χ0n) is 63.1. The first kappa shape index (κ1) is 64.3. The van der Waals surface area contributed by atoms with Crippen LogP contribution in [0, 0.1) is 0 Å². The molecule has 16 aromatic carbocycles. The Morgan fingerprint density at radius 2 is 0.527 bits per heavy atom. The fourth-order valence-corrected chi connectivity index (χ4v) is 20.0. The Bertz CT molecular complexity index is 7450. The molecule has 3 aliphatic carbocycles. The normalized spacial score (nSPS) is 14.0. The lowest BCUT2D eigenvalue weighted by molar-refractivity contribution is 0.660. The summed E-state index contributed by atoms with van der Waals surface area (Å²) in [5.74, 6) is 0.657. The highest BCUT2D eigenvalue weighted by Crippen LogP contribution is 2.54. The number of fused-ring (bicyclic) bond motifs is 19. The van der Waals surface area contributed by atoms with Gasteiger partial charge in [-0.2, -0.15) is 0 Å². The van der Waals surface area contributed by atoms with Crippen LogP contribution >= 0.6 is 0 Å². The molecule has 0 spiro atoms. The second-order valence-corrected chi connectivity index (χ2v) is 32.8. The summed E-state index contributed by atoms with van der Waals surface area (Å²) >= 11 is 0. The van der Waals surface area contributed by atoms with Gasteiger partial charge < -0.3 is 13.7 Å². The maximum absolute atomic E-state index is 5.75. The quantitative estimate of drug-likeness (QED) is 0.144. The molecule has 0 fully saturated rings. The molecule has 112 heavy (non-hydrogen) atoms. The summed E-state index contributed by atoms with van der Waals surface area (Å²) in [6, 6.07) is 129. The van der Waals surface area contributed by atoms with Crippen molar-refractivity contribution in [3.05, 3.63) is 379 Å². The van der Waals surface area contributed by atoms with Gasteiger partial charge in [0.1, 0.15) is 0 Å². The largest absolute Gasteiger partial charge is 0.309 e. The van der Waals surface area contributed by atoms with E-state index in [-0.39, 0.29) is 16.2 Å². The molecule has 0 saturated heterocycles. The van der Waals surface area contributed by atoms with Crippen LogP contribution in [0.25, 0.3) is 194 Å². The van der Waals surface area contributed by atoms with E-state index in [1.54, 1.807) is 0 Å². The second-order valence-electron chi connectivity index (χ2n) is 32.8. The van der Waals surface area contributed by atoms with Gasteiger partial charge in [-0.15, -0.1) is 0 Å². The molecule has 0 atom stereocenters. The van der Waals surface area contributed by atoms with E-state index in [0.717, 1.165) is 78.0 Å². The molecule has 4 aromatic heterocycles. The van der Waals surface area contributed by atoms with Gasteiger partial charge in [0.2, 0.25) is 0 Å². The predicted molar refractivity (Wildman–Crippen MR) is 468 cm³/mol. The Labute approximate surface area is 650 Å². The third-order valence-electron chi connectivity index (χ3n) is 25.7. The van der Waals surface area contributed by atoms with Crippen LogP contribution in [0.1, 0.15) is 74.9 Å². The van der Waals surface area contributed by atoms with Gasteiger partial charge in [-0.05, 0) is 227 Å². The van der Waals surface area contributed by atoms with Crippen molar-refractivity contribution < 1.29 is 0 Å². The van der Waals surface area contributed by atoms with Crippen molar-refractivity contribution in [3.8, 4) is 118 Å². The minimum atomic E-state index is -0.0743. The zero-order chi connectivity index (χ0) is 74.6. The van der Waals surface area contributed by atoms with Gasteiger partial charge in [-0.25, -0.2) is 9.97 Å². The zero-order valence-corrected chi connectivity index (χ0v) is 63.1. The van der Waals surface area contributed by atoms with E-state index in [2.05, 4.69) is 401 Å². The molecule has 0 saturated carbocycles. The number of para-hydroxylation sites is 3. The average molecular weight is 1430 g/mol. The Morgan fingerprint density at radius 3 is 0.964 bits per heavy atom. The minimum absolute atomic E-state index is 0.0553. The van der Waals surface area contributed by atoms with Crippen molar-refractivity contribution in [1.29, 1.82) is 0 Å². The molecule has 528 valence electrons. The van der Waals surface area contributed by atoms with E-state index in [4.69, 9.17) is 9.97 Å². The summed E-state index contributed by atoms with van der Waals surface area (Å²) in [6.07, 6.45) is 0. The first-order valence-corrected chi connectivity index (χ1v) is 39.3. The number of benzene rings is 16. The van der Waals surface area contributed by atoms with Gasteiger partial charge in [0.15, 0.2) is 5.82 Å². The molecular weight excluding hydrogens is 1360 g/mol. The number of rotatable bonds is 9. The smallest absolute Gasteiger partial charge is 0.160 e. The molecule has 5 heteroatoms. The number of hydrogen-bond donors (Lipinski definition) is 0. The molecule has 0 unspecified atom stereocenters. The summed E-state index contributed by atoms with van der Waals surface area (Å²) in [5, 5.41) is 8.27. The minimum Gasteiger partial charge on any atom is -0.309 e. The van der Waals surface area contributed by atoms with Gasteiger partial charge in [-0.3, -0.25) is 0 Å². The Morgan fingerprint density at radius 1 is 0.196 bits per heavy atom. The summed E-state index contributed by atoms with van der Waals surface area (Å²) in [5.41, 5.74) is 39.2. The molecule has 0 bridgehead atoms. The second kappa shape index (κ2) is 23.6. The van der Waals surface area contributed by atoms with E-state index < -0.39 is 0 Å². The first-order valence-electron chi connectivity index (χ1n) is 39.3. The van der Waals surface area contributed by atoms with E-state index in [1.165, 1.54) is 143 Å². The highest BCUT2D eigenvalue weighted by molar-refractivity contribution is 6.13. The van der Waals surface area contributed by atoms with Crippen LogP contribution in [0.2, 0.25) is 0 Å². The molecule has 4 heterocycles. The molecule has 3 aliphatic rings. The highest BCUT2D eigenvalue weighted by Gasteiger charge is 2.38. The summed E-state index contributed by atoms with van der Waals surface area (Å²) in [4.78, 5) is 11.3. The van der Waals surface area contributed by atoms with Crippen LogP contribution in [-0.4, -0.2) is 23.7 Å². The van der Waals surface area contributed by atoms with Crippen molar-refractivity contribution in [2.24, 2.45) is 0 Å². The van der Waals surface area contributed by atoms with Crippen LogP contribution < -0.4 is 0 Å².